The Morgan fingerprint density at radius 2 is 1.83 bits per heavy atom. The number of carbonyl (C=O) groups excluding carboxylic acids is 1. The van der Waals surface area contributed by atoms with E-state index < -0.39 is 0 Å². The molecule has 1 unspecified atom stereocenters. The predicted molar refractivity (Wildman–Crippen MR) is 147 cm³/mol. The number of rotatable bonds is 8. The van der Waals surface area contributed by atoms with Gasteiger partial charge in [0.1, 0.15) is 5.65 Å². The van der Waals surface area contributed by atoms with Gasteiger partial charge in [0, 0.05) is 35.6 Å². The summed E-state index contributed by atoms with van der Waals surface area (Å²) >= 11 is 0. The Bertz CT molecular complexity index is 1280. The van der Waals surface area contributed by atoms with Crippen molar-refractivity contribution < 1.29 is 4.79 Å². The standard InChI is InChI=1S/C31H36N4O/c1-2-5-23-6-4-18-35(19-16-23)22-25-8-12-26(13-9-25)31(36)34-28-14-10-24(11-15-28)20-27-21-33-30-29(27)7-3-17-32-30/h3,7-15,17,21,23H,2,4-6,16,18-20,22H2,1H3,(H,32,33)(H,34,36). The summed E-state index contributed by atoms with van der Waals surface area (Å²) < 4.78 is 0. The molecule has 5 rings (SSSR count). The number of likely N-dealkylation sites (tertiary alicyclic amines) is 1. The van der Waals surface area contributed by atoms with Gasteiger partial charge in [0.2, 0.25) is 0 Å². The van der Waals surface area contributed by atoms with E-state index in [9.17, 15) is 4.79 Å². The molecule has 2 aromatic heterocycles. The Hall–Kier alpha value is -3.44. The van der Waals surface area contributed by atoms with Crippen LogP contribution in [-0.2, 0) is 13.0 Å². The number of benzene rings is 2. The van der Waals surface area contributed by atoms with Crippen molar-refractivity contribution in [1.82, 2.24) is 14.9 Å². The van der Waals surface area contributed by atoms with Crippen molar-refractivity contribution in [3.63, 3.8) is 0 Å². The first-order valence-electron chi connectivity index (χ1n) is 13.3. The van der Waals surface area contributed by atoms with Gasteiger partial charge in [-0.25, -0.2) is 4.98 Å². The normalized spacial score (nSPS) is 16.6. The average Bonchev–Trinajstić information content (AvgIpc) is 3.18. The number of anilines is 1. The van der Waals surface area contributed by atoms with Gasteiger partial charge in [0.05, 0.1) is 0 Å². The molecule has 1 fully saturated rings. The molecule has 0 saturated carbocycles. The maximum absolute atomic E-state index is 12.8. The predicted octanol–water partition coefficient (Wildman–Crippen LogP) is 6.81. The minimum absolute atomic E-state index is 0.0748. The third-order valence-electron chi connectivity index (χ3n) is 7.40. The number of aromatic amines is 1. The smallest absolute Gasteiger partial charge is 0.255 e. The van der Waals surface area contributed by atoms with Crippen molar-refractivity contribution >= 4 is 22.6 Å². The molecule has 5 nitrogen and oxygen atoms in total. The van der Waals surface area contributed by atoms with E-state index in [0.29, 0.717) is 5.56 Å². The Morgan fingerprint density at radius 1 is 1.03 bits per heavy atom. The van der Waals surface area contributed by atoms with Gasteiger partial charge in [0.15, 0.2) is 0 Å². The largest absolute Gasteiger partial charge is 0.346 e. The summed E-state index contributed by atoms with van der Waals surface area (Å²) in [6.45, 7) is 5.62. The van der Waals surface area contributed by atoms with Crippen LogP contribution in [0.1, 0.15) is 66.1 Å². The molecule has 3 heterocycles. The number of pyridine rings is 1. The number of carbonyl (C=O) groups is 1. The molecule has 1 atom stereocenters. The zero-order valence-electron chi connectivity index (χ0n) is 21.2. The maximum atomic E-state index is 12.8. The summed E-state index contributed by atoms with van der Waals surface area (Å²) in [5.41, 5.74) is 6.09. The molecule has 1 amide bonds. The van der Waals surface area contributed by atoms with E-state index in [-0.39, 0.29) is 5.91 Å². The van der Waals surface area contributed by atoms with Crippen LogP contribution in [0.2, 0.25) is 0 Å². The molecule has 1 saturated heterocycles. The van der Waals surface area contributed by atoms with E-state index in [4.69, 9.17) is 0 Å². The van der Waals surface area contributed by atoms with Crippen molar-refractivity contribution in [2.24, 2.45) is 5.92 Å². The van der Waals surface area contributed by atoms with Gasteiger partial charge in [-0.2, -0.15) is 0 Å². The molecule has 4 aromatic rings. The molecule has 2 N–H and O–H groups in total. The molecule has 36 heavy (non-hydrogen) atoms. The molecule has 186 valence electrons. The van der Waals surface area contributed by atoms with Crippen LogP contribution in [0.15, 0.2) is 73.1 Å². The third-order valence-corrected chi connectivity index (χ3v) is 7.40. The first-order valence-corrected chi connectivity index (χ1v) is 13.3. The highest BCUT2D eigenvalue weighted by atomic mass is 16.1. The highest BCUT2D eigenvalue weighted by molar-refractivity contribution is 6.04. The van der Waals surface area contributed by atoms with Crippen LogP contribution >= 0.6 is 0 Å². The van der Waals surface area contributed by atoms with Crippen LogP contribution in [0, 0.1) is 5.92 Å². The van der Waals surface area contributed by atoms with Crippen molar-refractivity contribution in [3.05, 3.63) is 95.3 Å². The molecule has 0 spiro atoms. The summed E-state index contributed by atoms with van der Waals surface area (Å²) in [5, 5.41) is 4.18. The van der Waals surface area contributed by atoms with E-state index >= 15 is 0 Å². The number of amides is 1. The van der Waals surface area contributed by atoms with Gasteiger partial charge in [-0.3, -0.25) is 9.69 Å². The number of hydrogen-bond acceptors (Lipinski definition) is 3. The molecule has 1 aliphatic heterocycles. The van der Waals surface area contributed by atoms with Crippen LogP contribution in [0.25, 0.3) is 11.0 Å². The minimum atomic E-state index is -0.0748. The van der Waals surface area contributed by atoms with Gasteiger partial charge in [-0.1, -0.05) is 44.0 Å². The number of H-pyrrole nitrogens is 1. The monoisotopic (exact) mass is 480 g/mol. The molecule has 1 aliphatic rings. The van der Waals surface area contributed by atoms with Gasteiger partial charge < -0.3 is 10.3 Å². The maximum Gasteiger partial charge on any atom is 0.255 e. The van der Waals surface area contributed by atoms with E-state index in [0.717, 1.165) is 35.6 Å². The molecular weight excluding hydrogens is 444 g/mol. The van der Waals surface area contributed by atoms with Crippen LogP contribution in [0.4, 0.5) is 5.69 Å². The van der Waals surface area contributed by atoms with Crippen LogP contribution in [0.3, 0.4) is 0 Å². The Labute approximate surface area is 214 Å². The molecule has 0 aliphatic carbocycles. The van der Waals surface area contributed by atoms with Crippen molar-refractivity contribution in [1.29, 1.82) is 0 Å². The first-order chi connectivity index (χ1) is 17.7. The molecule has 5 heteroatoms. The van der Waals surface area contributed by atoms with Gasteiger partial charge >= 0.3 is 0 Å². The van der Waals surface area contributed by atoms with Gasteiger partial charge in [-0.15, -0.1) is 0 Å². The number of fused-ring (bicyclic) bond motifs is 1. The summed E-state index contributed by atoms with van der Waals surface area (Å²) in [6.07, 6.45) is 11.3. The van der Waals surface area contributed by atoms with Gasteiger partial charge in [-0.05, 0) is 97.8 Å². The van der Waals surface area contributed by atoms with Crippen LogP contribution < -0.4 is 5.32 Å². The fourth-order valence-corrected chi connectivity index (χ4v) is 5.39. The fourth-order valence-electron chi connectivity index (χ4n) is 5.39. The lowest BCUT2D eigenvalue weighted by molar-refractivity contribution is 0.102. The quantitative estimate of drug-likeness (QED) is 0.291. The Morgan fingerprint density at radius 3 is 2.64 bits per heavy atom. The lowest BCUT2D eigenvalue weighted by atomic mass is 9.96. The van der Waals surface area contributed by atoms with Crippen molar-refractivity contribution in [2.45, 2.75) is 52.0 Å². The average molecular weight is 481 g/mol. The van der Waals surface area contributed by atoms with Crippen molar-refractivity contribution in [3.8, 4) is 0 Å². The zero-order valence-corrected chi connectivity index (χ0v) is 21.2. The summed E-state index contributed by atoms with van der Waals surface area (Å²) in [5.74, 6) is 0.820. The number of hydrogen-bond donors (Lipinski definition) is 2. The lowest BCUT2D eigenvalue weighted by Crippen LogP contribution is -2.24. The lowest BCUT2D eigenvalue weighted by Gasteiger charge is -2.20. The summed E-state index contributed by atoms with van der Waals surface area (Å²) in [4.78, 5) is 23.0. The second-order valence-corrected chi connectivity index (χ2v) is 10.1. The molecular formula is C31H36N4O. The molecule has 0 bridgehead atoms. The van der Waals surface area contributed by atoms with E-state index in [1.54, 1.807) is 6.20 Å². The van der Waals surface area contributed by atoms with E-state index in [1.807, 2.05) is 36.5 Å². The SMILES string of the molecule is CCCC1CCCN(Cc2ccc(C(=O)Nc3ccc(Cc4c[nH]c5ncccc45)cc3)cc2)CC1. The Balaban J connectivity index is 1.14. The van der Waals surface area contributed by atoms with Crippen LogP contribution in [0.5, 0.6) is 0 Å². The highest BCUT2D eigenvalue weighted by Crippen LogP contribution is 2.23. The second-order valence-electron chi connectivity index (χ2n) is 10.1. The van der Waals surface area contributed by atoms with E-state index in [1.165, 1.54) is 61.9 Å². The number of nitrogens with one attached hydrogen (secondary N) is 2. The number of nitrogens with zero attached hydrogens (tertiary/aromatic N) is 2. The topological polar surface area (TPSA) is 61.0 Å². The summed E-state index contributed by atoms with van der Waals surface area (Å²) in [7, 11) is 0. The minimum Gasteiger partial charge on any atom is -0.346 e. The summed E-state index contributed by atoms with van der Waals surface area (Å²) in [6, 6.07) is 20.2. The fraction of sp³-hybridized carbons (Fsp3) is 0.355. The van der Waals surface area contributed by atoms with Crippen molar-refractivity contribution in [2.75, 3.05) is 18.4 Å². The zero-order chi connectivity index (χ0) is 24.7. The first kappa shape index (κ1) is 24.3. The molecule has 0 radical (unpaired) electrons. The second kappa shape index (κ2) is 11.5. The van der Waals surface area contributed by atoms with E-state index in [2.05, 4.69) is 57.4 Å². The van der Waals surface area contributed by atoms with Gasteiger partial charge in [0.25, 0.3) is 5.91 Å². The Kier molecular flexibility index (Phi) is 7.77. The highest BCUT2D eigenvalue weighted by Gasteiger charge is 2.17. The number of aromatic nitrogens is 2. The van der Waals surface area contributed by atoms with Crippen LogP contribution in [-0.4, -0.2) is 33.9 Å². The molecule has 2 aromatic carbocycles. The third kappa shape index (κ3) is 6.03.